The zero-order valence-corrected chi connectivity index (χ0v) is 16.0. The molecule has 0 aromatic heterocycles. The maximum atomic E-state index is 12.1. The van der Waals surface area contributed by atoms with Crippen LogP contribution in [0.25, 0.3) is 6.08 Å². The molecule has 0 radical (unpaired) electrons. The van der Waals surface area contributed by atoms with Crippen LogP contribution in [0.5, 0.6) is 0 Å². The van der Waals surface area contributed by atoms with Gasteiger partial charge in [-0.25, -0.2) is 0 Å². The number of ether oxygens (including phenoxy) is 1. The van der Waals surface area contributed by atoms with Crippen molar-refractivity contribution < 1.29 is 23.9 Å². The van der Waals surface area contributed by atoms with Crippen molar-refractivity contribution in [2.24, 2.45) is 0 Å². The Morgan fingerprint density at radius 1 is 0.966 bits per heavy atom. The molecule has 0 aliphatic carbocycles. The Morgan fingerprint density at radius 2 is 1.69 bits per heavy atom. The highest BCUT2D eigenvalue weighted by Gasteiger charge is 2.09. The minimum atomic E-state index is -0.557. The molecule has 0 atom stereocenters. The van der Waals surface area contributed by atoms with Crippen molar-refractivity contribution in [2.45, 2.75) is 6.92 Å². The number of carbonyl (C=O) groups excluding carboxylic acids is 4. The van der Waals surface area contributed by atoms with Gasteiger partial charge < -0.3 is 20.7 Å². The van der Waals surface area contributed by atoms with E-state index in [0.717, 1.165) is 5.56 Å². The van der Waals surface area contributed by atoms with Gasteiger partial charge in [0.15, 0.2) is 0 Å². The largest absolute Gasteiger partial charge is 0.468 e. The van der Waals surface area contributed by atoms with Crippen LogP contribution >= 0.6 is 0 Å². The second-order valence-corrected chi connectivity index (χ2v) is 5.97. The van der Waals surface area contributed by atoms with Gasteiger partial charge in [0.1, 0.15) is 6.54 Å². The summed E-state index contributed by atoms with van der Waals surface area (Å²) in [5.74, 6) is -1.55. The van der Waals surface area contributed by atoms with Crippen LogP contribution in [-0.4, -0.2) is 37.3 Å². The molecule has 2 rings (SSSR count). The molecule has 29 heavy (non-hydrogen) atoms. The first-order valence-electron chi connectivity index (χ1n) is 8.69. The second kappa shape index (κ2) is 10.4. The fourth-order valence-corrected chi connectivity index (χ4v) is 2.30. The van der Waals surface area contributed by atoms with Crippen LogP contribution in [0.1, 0.15) is 22.8 Å². The van der Waals surface area contributed by atoms with Crippen molar-refractivity contribution in [3.05, 3.63) is 65.7 Å². The zero-order valence-electron chi connectivity index (χ0n) is 16.0. The third kappa shape index (κ3) is 7.30. The van der Waals surface area contributed by atoms with Gasteiger partial charge in [-0.3, -0.25) is 19.2 Å². The molecule has 0 aliphatic heterocycles. The predicted molar refractivity (Wildman–Crippen MR) is 109 cm³/mol. The van der Waals surface area contributed by atoms with E-state index >= 15 is 0 Å². The Morgan fingerprint density at radius 3 is 2.34 bits per heavy atom. The van der Waals surface area contributed by atoms with Gasteiger partial charge in [-0.1, -0.05) is 18.2 Å². The van der Waals surface area contributed by atoms with Gasteiger partial charge in [-0.05, 0) is 42.0 Å². The SMILES string of the molecule is COC(=O)CNC(=O)c1cccc(NC(=O)/C=C/c2ccc(NC(C)=O)cc2)c1. The van der Waals surface area contributed by atoms with Crippen LogP contribution in [0.15, 0.2) is 54.6 Å². The third-order valence-corrected chi connectivity index (χ3v) is 3.67. The first kappa shape index (κ1) is 21.4. The van der Waals surface area contributed by atoms with Crippen molar-refractivity contribution in [2.75, 3.05) is 24.3 Å². The summed E-state index contributed by atoms with van der Waals surface area (Å²) in [6.07, 6.45) is 2.98. The molecule has 0 fully saturated rings. The molecule has 2 aromatic rings. The summed E-state index contributed by atoms with van der Waals surface area (Å²) in [7, 11) is 1.23. The van der Waals surface area contributed by atoms with Crippen molar-refractivity contribution >= 4 is 41.1 Å². The smallest absolute Gasteiger partial charge is 0.325 e. The van der Waals surface area contributed by atoms with Crippen molar-refractivity contribution in [1.29, 1.82) is 0 Å². The fraction of sp³-hybridized carbons (Fsp3) is 0.143. The topological polar surface area (TPSA) is 114 Å². The minimum absolute atomic E-state index is 0.158. The number of hydrogen-bond acceptors (Lipinski definition) is 5. The molecule has 0 unspecified atom stereocenters. The van der Waals surface area contributed by atoms with Gasteiger partial charge in [-0.2, -0.15) is 0 Å². The lowest BCUT2D eigenvalue weighted by atomic mass is 10.1. The second-order valence-electron chi connectivity index (χ2n) is 5.97. The van der Waals surface area contributed by atoms with E-state index in [9.17, 15) is 19.2 Å². The average molecular weight is 395 g/mol. The number of carbonyl (C=O) groups is 4. The maximum absolute atomic E-state index is 12.1. The molecule has 3 amide bonds. The maximum Gasteiger partial charge on any atom is 0.325 e. The number of benzene rings is 2. The molecular weight excluding hydrogens is 374 g/mol. The molecule has 0 aliphatic rings. The summed E-state index contributed by atoms with van der Waals surface area (Å²) in [5, 5.41) is 7.76. The summed E-state index contributed by atoms with van der Waals surface area (Å²) in [4.78, 5) is 46.3. The molecule has 150 valence electrons. The zero-order chi connectivity index (χ0) is 21.2. The number of nitrogens with one attached hydrogen (secondary N) is 3. The molecule has 2 aromatic carbocycles. The number of hydrogen-bond donors (Lipinski definition) is 3. The number of methoxy groups -OCH3 is 1. The summed E-state index contributed by atoms with van der Waals surface area (Å²) >= 11 is 0. The van der Waals surface area contributed by atoms with Crippen molar-refractivity contribution in [1.82, 2.24) is 5.32 Å². The van der Waals surface area contributed by atoms with Gasteiger partial charge in [0, 0.05) is 29.9 Å². The summed E-state index contributed by atoms with van der Waals surface area (Å²) < 4.78 is 4.46. The number of anilines is 2. The highest BCUT2D eigenvalue weighted by atomic mass is 16.5. The number of esters is 1. The highest BCUT2D eigenvalue weighted by molar-refractivity contribution is 6.03. The molecule has 0 saturated carbocycles. The molecular formula is C21H21N3O5. The average Bonchev–Trinajstić information content (AvgIpc) is 2.71. The lowest BCUT2D eigenvalue weighted by Crippen LogP contribution is -2.30. The van der Waals surface area contributed by atoms with E-state index in [0.29, 0.717) is 16.9 Å². The molecule has 0 saturated heterocycles. The Hall–Kier alpha value is -3.94. The molecule has 8 heteroatoms. The monoisotopic (exact) mass is 395 g/mol. The Kier molecular flexibility index (Phi) is 7.67. The van der Waals surface area contributed by atoms with Crippen molar-refractivity contribution in [3.63, 3.8) is 0 Å². The van der Waals surface area contributed by atoms with Crippen LogP contribution in [0, 0.1) is 0 Å². The first-order chi connectivity index (χ1) is 13.9. The minimum Gasteiger partial charge on any atom is -0.468 e. The van der Waals surface area contributed by atoms with Crippen LogP contribution < -0.4 is 16.0 Å². The van der Waals surface area contributed by atoms with Crippen LogP contribution in [0.4, 0.5) is 11.4 Å². The summed E-state index contributed by atoms with van der Waals surface area (Å²) in [5.41, 5.74) is 2.18. The Labute approximate surface area is 167 Å². The third-order valence-electron chi connectivity index (χ3n) is 3.67. The number of rotatable bonds is 7. The molecule has 8 nitrogen and oxygen atoms in total. The van der Waals surface area contributed by atoms with Crippen LogP contribution in [0.3, 0.4) is 0 Å². The fourth-order valence-electron chi connectivity index (χ4n) is 2.30. The van der Waals surface area contributed by atoms with Crippen LogP contribution in [0.2, 0.25) is 0 Å². The van der Waals surface area contributed by atoms with Gasteiger partial charge in [0.25, 0.3) is 5.91 Å². The van der Waals surface area contributed by atoms with Gasteiger partial charge in [-0.15, -0.1) is 0 Å². The Balaban J connectivity index is 1.94. The predicted octanol–water partition coefficient (Wildman–Crippen LogP) is 2.20. The molecule has 0 spiro atoms. The normalized spacial score (nSPS) is 10.3. The van der Waals surface area contributed by atoms with E-state index < -0.39 is 11.9 Å². The molecule has 3 N–H and O–H groups in total. The lowest BCUT2D eigenvalue weighted by molar-refractivity contribution is -0.139. The van der Waals surface area contributed by atoms with Gasteiger partial charge >= 0.3 is 5.97 Å². The summed E-state index contributed by atoms with van der Waals surface area (Å²) in [6.45, 7) is 1.19. The quantitative estimate of drug-likeness (QED) is 0.491. The lowest BCUT2D eigenvalue weighted by Gasteiger charge is -2.07. The van der Waals surface area contributed by atoms with E-state index in [1.54, 1.807) is 48.5 Å². The van der Waals surface area contributed by atoms with Crippen molar-refractivity contribution in [3.8, 4) is 0 Å². The standard InChI is InChI=1S/C21H21N3O5/c1-14(25)23-17-9-6-15(7-10-17)8-11-19(26)24-18-5-3-4-16(12-18)21(28)22-13-20(27)29-2/h3-12H,13H2,1-2H3,(H,22,28)(H,23,25)(H,24,26)/b11-8+. The molecule has 0 heterocycles. The summed E-state index contributed by atoms with van der Waals surface area (Å²) in [6, 6.07) is 13.3. The van der Waals surface area contributed by atoms with E-state index in [4.69, 9.17) is 0 Å². The van der Waals surface area contributed by atoms with Crippen LogP contribution in [-0.2, 0) is 19.1 Å². The van der Waals surface area contributed by atoms with Gasteiger partial charge in [0.05, 0.1) is 7.11 Å². The number of amides is 3. The van der Waals surface area contributed by atoms with E-state index in [2.05, 4.69) is 20.7 Å². The first-order valence-corrected chi connectivity index (χ1v) is 8.69. The Bertz CT molecular complexity index is 936. The van der Waals surface area contributed by atoms with Gasteiger partial charge in [0.2, 0.25) is 11.8 Å². The molecule has 0 bridgehead atoms. The highest BCUT2D eigenvalue weighted by Crippen LogP contribution is 2.13. The van der Waals surface area contributed by atoms with E-state index in [1.165, 1.54) is 26.2 Å². The van der Waals surface area contributed by atoms with E-state index in [1.807, 2.05) is 0 Å². The van der Waals surface area contributed by atoms with E-state index in [-0.39, 0.29) is 18.4 Å².